The Hall–Kier alpha value is -2.23. The molecule has 0 unspecified atom stereocenters. The van der Waals surface area contributed by atoms with E-state index in [0.29, 0.717) is 6.07 Å². The molecule has 0 fully saturated rings. The predicted molar refractivity (Wildman–Crippen MR) is 68.1 cm³/mol. The third-order valence-corrected chi connectivity index (χ3v) is 2.56. The molecule has 10 heteroatoms. The molecule has 0 saturated carbocycles. The van der Waals surface area contributed by atoms with Crippen molar-refractivity contribution in [3.05, 3.63) is 27.7 Å². The van der Waals surface area contributed by atoms with Gasteiger partial charge in [0.25, 0.3) is 0 Å². The average molecular weight is 336 g/mol. The maximum Gasteiger partial charge on any atom is 0.338 e. The molecule has 102 valence electrons. The third kappa shape index (κ3) is 3.37. The summed E-state index contributed by atoms with van der Waals surface area (Å²) in [6.45, 7) is 0. The van der Waals surface area contributed by atoms with Crippen molar-refractivity contribution in [2.24, 2.45) is 27.2 Å². The molecule has 0 aliphatic carbocycles. The molecule has 0 amide bonds. The van der Waals surface area contributed by atoms with Gasteiger partial charge in [0, 0.05) is 0 Å². The van der Waals surface area contributed by atoms with Crippen LogP contribution in [0.1, 0.15) is 10.4 Å². The number of hydrogen-bond donors (Lipinski definition) is 4. The lowest BCUT2D eigenvalue weighted by molar-refractivity contribution is 0.0697. The van der Waals surface area contributed by atoms with Crippen molar-refractivity contribution in [2.75, 3.05) is 0 Å². The fraction of sp³-hybridized carbons (Fsp3) is 0. The maximum absolute atomic E-state index is 13.3. The molecule has 19 heavy (non-hydrogen) atoms. The number of aliphatic imine (C=N–C) groups is 2. The Kier molecular flexibility index (Phi) is 4.38. The van der Waals surface area contributed by atoms with Gasteiger partial charge in [-0.3, -0.25) is 0 Å². The first-order chi connectivity index (χ1) is 8.73. The number of rotatable bonds is 2. The summed E-state index contributed by atoms with van der Waals surface area (Å²) in [4.78, 5) is 17.8. The van der Waals surface area contributed by atoms with E-state index >= 15 is 0 Å². The number of guanidine groups is 2. The van der Waals surface area contributed by atoms with Gasteiger partial charge >= 0.3 is 5.97 Å². The van der Waals surface area contributed by atoms with Crippen molar-refractivity contribution >= 4 is 39.5 Å². The second-order valence-electron chi connectivity index (χ2n) is 3.19. The number of aromatic carboxylic acids is 1. The highest BCUT2D eigenvalue weighted by Crippen LogP contribution is 2.33. The SMILES string of the molecule is NC(N)=NC(N)=Nc1c(C(=O)O)cc(F)c(F)c1Br. The van der Waals surface area contributed by atoms with E-state index in [0.717, 1.165) is 0 Å². The highest BCUT2D eigenvalue weighted by atomic mass is 79.9. The van der Waals surface area contributed by atoms with Crippen LogP contribution in [-0.4, -0.2) is 23.0 Å². The molecule has 0 aromatic heterocycles. The third-order valence-electron chi connectivity index (χ3n) is 1.84. The summed E-state index contributed by atoms with van der Waals surface area (Å²) in [5.74, 6) is -5.09. The largest absolute Gasteiger partial charge is 0.478 e. The molecular weight excluding hydrogens is 328 g/mol. The molecule has 7 N–H and O–H groups in total. The quantitative estimate of drug-likeness (QED) is 0.356. The number of nitrogens with two attached hydrogens (primary N) is 3. The van der Waals surface area contributed by atoms with Crippen LogP contribution in [0.5, 0.6) is 0 Å². The van der Waals surface area contributed by atoms with Crippen LogP contribution < -0.4 is 17.2 Å². The maximum atomic E-state index is 13.3. The summed E-state index contributed by atoms with van der Waals surface area (Å²) in [7, 11) is 0. The van der Waals surface area contributed by atoms with Crippen molar-refractivity contribution in [2.45, 2.75) is 0 Å². The minimum absolute atomic E-state index is 0.420. The number of nitrogens with zero attached hydrogens (tertiary/aromatic N) is 2. The van der Waals surface area contributed by atoms with Crippen LogP contribution >= 0.6 is 15.9 Å². The van der Waals surface area contributed by atoms with Gasteiger partial charge in [-0.2, -0.15) is 4.99 Å². The second kappa shape index (κ2) is 5.61. The van der Waals surface area contributed by atoms with Crippen LogP contribution in [0.4, 0.5) is 14.5 Å². The van der Waals surface area contributed by atoms with Crippen molar-refractivity contribution in [1.82, 2.24) is 0 Å². The van der Waals surface area contributed by atoms with Crippen molar-refractivity contribution in [1.29, 1.82) is 0 Å². The lowest BCUT2D eigenvalue weighted by Gasteiger charge is -2.06. The summed E-state index contributed by atoms with van der Waals surface area (Å²) >= 11 is 2.69. The van der Waals surface area contributed by atoms with Gasteiger partial charge in [0.15, 0.2) is 17.6 Å². The zero-order valence-electron chi connectivity index (χ0n) is 9.19. The monoisotopic (exact) mass is 335 g/mol. The van der Waals surface area contributed by atoms with Crippen LogP contribution in [0.3, 0.4) is 0 Å². The molecule has 7 nitrogen and oxygen atoms in total. The molecule has 0 aliphatic rings. The summed E-state index contributed by atoms with van der Waals surface area (Å²) in [6.07, 6.45) is 0. The lowest BCUT2D eigenvalue weighted by Crippen LogP contribution is -2.26. The van der Waals surface area contributed by atoms with E-state index in [9.17, 15) is 13.6 Å². The Balaban J connectivity index is 3.54. The predicted octanol–water partition coefficient (Wildman–Crippen LogP) is 0.645. The smallest absolute Gasteiger partial charge is 0.338 e. The molecule has 1 aromatic carbocycles. The Bertz CT molecular complexity index is 599. The van der Waals surface area contributed by atoms with E-state index in [2.05, 4.69) is 25.9 Å². The van der Waals surface area contributed by atoms with E-state index < -0.39 is 45.2 Å². The molecule has 0 radical (unpaired) electrons. The summed E-state index contributed by atoms with van der Waals surface area (Å²) in [5.41, 5.74) is 14.4. The van der Waals surface area contributed by atoms with Crippen LogP contribution in [0.2, 0.25) is 0 Å². The van der Waals surface area contributed by atoms with Crippen molar-refractivity contribution < 1.29 is 18.7 Å². The summed E-state index contributed by atoms with van der Waals surface area (Å²) in [5, 5.41) is 8.89. The van der Waals surface area contributed by atoms with Gasteiger partial charge in [-0.15, -0.1) is 0 Å². The molecule has 1 rings (SSSR count). The molecule has 0 atom stereocenters. The number of halogens is 3. The molecule has 0 saturated heterocycles. The minimum atomic E-state index is -1.52. The lowest BCUT2D eigenvalue weighted by atomic mass is 10.1. The molecule has 0 bridgehead atoms. The number of carboxylic acid groups (broad SMARTS) is 1. The van der Waals surface area contributed by atoms with Crippen LogP contribution in [0, 0.1) is 11.6 Å². The molecule has 0 spiro atoms. The van der Waals surface area contributed by atoms with Gasteiger partial charge in [0.2, 0.25) is 5.96 Å². The standard InChI is InChI=1S/C9H8BrF2N5O2/c10-4-5(12)3(11)1-2(7(18)19)6(4)16-9(15)17-8(13)14/h1H,(H,18,19)(H6,13,14,15,16,17). The zero-order chi connectivity index (χ0) is 14.7. The van der Waals surface area contributed by atoms with Crippen LogP contribution in [0.15, 0.2) is 20.5 Å². The first kappa shape index (κ1) is 14.8. The second-order valence-corrected chi connectivity index (χ2v) is 3.99. The highest BCUT2D eigenvalue weighted by molar-refractivity contribution is 9.10. The van der Waals surface area contributed by atoms with E-state index in [1.165, 1.54) is 0 Å². The topological polar surface area (TPSA) is 140 Å². The van der Waals surface area contributed by atoms with Crippen LogP contribution in [0.25, 0.3) is 0 Å². The summed E-state index contributed by atoms with van der Waals surface area (Å²) < 4.78 is 25.9. The first-order valence-electron chi connectivity index (χ1n) is 4.58. The minimum Gasteiger partial charge on any atom is -0.478 e. The fourth-order valence-electron chi connectivity index (χ4n) is 1.13. The first-order valence-corrected chi connectivity index (χ1v) is 5.38. The Morgan fingerprint density at radius 3 is 2.37 bits per heavy atom. The van der Waals surface area contributed by atoms with Gasteiger partial charge in [-0.25, -0.2) is 18.6 Å². The zero-order valence-corrected chi connectivity index (χ0v) is 10.8. The van der Waals surface area contributed by atoms with Gasteiger partial charge in [-0.05, 0) is 22.0 Å². The molecular formula is C9H8BrF2N5O2. The van der Waals surface area contributed by atoms with Crippen molar-refractivity contribution in [3.63, 3.8) is 0 Å². The molecule has 1 aromatic rings. The normalized spacial score (nSPS) is 11.2. The number of hydrogen-bond acceptors (Lipinski definition) is 2. The van der Waals surface area contributed by atoms with Gasteiger partial charge in [-0.1, -0.05) is 0 Å². The number of carbonyl (C=O) groups is 1. The number of carboxylic acids is 1. The average Bonchev–Trinajstić information content (AvgIpc) is 2.28. The van der Waals surface area contributed by atoms with E-state index in [1.54, 1.807) is 0 Å². The van der Waals surface area contributed by atoms with Gasteiger partial charge in [0.1, 0.15) is 0 Å². The fourth-order valence-corrected chi connectivity index (χ4v) is 1.62. The number of benzene rings is 1. The van der Waals surface area contributed by atoms with Crippen molar-refractivity contribution in [3.8, 4) is 0 Å². The van der Waals surface area contributed by atoms with Gasteiger partial charge in [0.05, 0.1) is 15.7 Å². The Morgan fingerprint density at radius 1 is 1.32 bits per heavy atom. The molecule has 0 heterocycles. The summed E-state index contributed by atoms with van der Waals surface area (Å²) in [6, 6.07) is 0.476. The molecule has 0 aliphatic heterocycles. The highest BCUT2D eigenvalue weighted by Gasteiger charge is 2.20. The van der Waals surface area contributed by atoms with E-state index in [4.69, 9.17) is 22.3 Å². The van der Waals surface area contributed by atoms with Crippen LogP contribution in [-0.2, 0) is 0 Å². The Labute approximate surface area is 113 Å². The van der Waals surface area contributed by atoms with E-state index in [-0.39, 0.29) is 0 Å². The Morgan fingerprint density at radius 2 is 1.89 bits per heavy atom. The van der Waals surface area contributed by atoms with E-state index in [1.807, 2.05) is 0 Å². The van der Waals surface area contributed by atoms with Gasteiger partial charge < -0.3 is 22.3 Å².